The summed E-state index contributed by atoms with van der Waals surface area (Å²) in [6.07, 6.45) is 3.91. The van der Waals surface area contributed by atoms with Gasteiger partial charge in [-0.05, 0) is 61.1 Å². The first kappa shape index (κ1) is 17.5. The molecule has 0 saturated heterocycles. The minimum Gasteiger partial charge on any atom is -0.508 e. The predicted octanol–water partition coefficient (Wildman–Crippen LogP) is 4.67. The number of nitrogens with one attached hydrogen (secondary N) is 1. The van der Waals surface area contributed by atoms with Crippen molar-refractivity contribution in [1.82, 2.24) is 5.32 Å². The normalized spacial score (nSPS) is 12.3. The number of hydrogen-bond donors (Lipinski definition) is 2. The van der Waals surface area contributed by atoms with Crippen molar-refractivity contribution in [3.63, 3.8) is 0 Å². The highest BCUT2D eigenvalue weighted by Crippen LogP contribution is 2.21. The van der Waals surface area contributed by atoms with Crippen LogP contribution >= 0.6 is 0 Å². The fourth-order valence-electron chi connectivity index (χ4n) is 2.72. The second kappa shape index (κ2) is 9.31. The summed E-state index contributed by atoms with van der Waals surface area (Å²) in [7, 11) is 0. The zero-order chi connectivity index (χ0) is 16.5. The molecule has 3 heteroatoms. The van der Waals surface area contributed by atoms with Crippen LogP contribution in [-0.2, 0) is 13.0 Å². The summed E-state index contributed by atoms with van der Waals surface area (Å²) >= 11 is 0. The van der Waals surface area contributed by atoms with Gasteiger partial charge >= 0.3 is 0 Å². The van der Waals surface area contributed by atoms with Crippen molar-refractivity contribution < 1.29 is 9.50 Å². The number of benzene rings is 2. The Balaban J connectivity index is 1.60. The molecule has 1 atom stereocenters. The number of aromatic hydroxyl groups is 1. The van der Waals surface area contributed by atoms with E-state index in [1.54, 1.807) is 0 Å². The van der Waals surface area contributed by atoms with Crippen LogP contribution in [0.1, 0.15) is 37.3 Å². The van der Waals surface area contributed by atoms with E-state index in [4.69, 9.17) is 0 Å². The van der Waals surface area contributed by atoms with E-state index in [0.717, 1.165) is 38.8 Å². The SMILES string of the molecule is CC(CCCc1cc(F)ccc1O)CCNCc1ccccc1. The van der Waals surface area contributed by atoms with Gasteiger partial charge in [0.1, 0.15) is 11.6 Å². The van der Waals surface area contributed by atoms with Gasteiger partial charge in [-0.15, -0.1) is 0 Å². The molecule has 2 aromatic rings. The van der Waals surface area contributed by atoms with Crippen LogP contribution in [0.2, 0.25) is 0 Å². The predicted molar refractivity (Wildman–Crippen MR) is 92.9 cm³/mol. The van der Waals surface area contributed by atoms with Crippen LogP contribution in [-0.4, -0.2) is 11.7 Å². The number of phenols is 1. The van der Waals surface area contributed by atoms with Gasteiger partial charge in [-0.2, -0.15) is 0 Å². The first-order valence-electron chi connectivity index (χ1n) is 8.37. The van der Waals surface area contributed by atoms with Crippen LogP contribution in [0.4, 0.5) is 4.39 Å². The summed E-state index contributed by atoms with van der Waals surface area (Å²) in [6.45, 7) is 4.15. The highest BCUT2D eigenvalue weighted by atomic mass is 19.1. The first-order chi connectivity index (χ1) is 11.1. The van der Waals surface area contributed by atoms with E-state index in [9.17, 15) is 9.50 Å². The number of hydrogen-bond acceptors (Lipinski definition) is 2. The lowest BCUT2D eigenvalue weighted by Crippen LogP contribution is -2.17. The molecule has 0 amide bonds. The molecule has 2 nitrogen and oxygen atoms in total. The fourth-order valence-corrected chi connectivity index (χ4v) is 2.72. The zero-order valence-electron chi connectivity index (χ0n) is 13.8. The summed E-state index contributed by atoms with van der Waals surface area (Å²) in [6, 6.07) is 14.6. The number of rotatable bonds is 9. The third-order valence-corrected chi connectivity index (χ3v) is 4.17. The van der Waals surface area contributed by atoms with Crippen molar-refractivity contribution in [1.29, 1.82) is 0 Å². The average molecular weight is 315 g/mol. The number of aryl methyl sites for hydroxylation is 1. The number of phenolic OH excluding ortho intramolecular Hbond substituents is 1. The largest absolute Gasteiger partial charge is 0.508 e. The molecule has 0 aromatic heterocycles. The molecule has 23 heavy (non-hydrogen) atoms. The van der Waals surface area contributed by atoms with Gasteiger partial charge in [-0.3, -0.25) is 0 Å². The van der Waals surface area contributed by atoms with Gasteiger partial charge in [0.25, 0.3) is 0 Å². The minimum atomic E-state index is -0.282. The third kappa shape index (κ3) is 6.41. The third-order valence-electron chi connectivity index (χ3n) is 4.17. The molecule has 0 bridgehead atoms. The highest BCUT2D eigenvalue weighted by molar-refractivity contribution is 5.32. The Morgan fingerprint density at radius 3 is 2.65 bits per heavy atom. The van der Waals surface area contributed by atoms with Gasteiger partial charge in [0.05, 0.1) is 0 Å². The van der Waals surface area contributed by atoms with E-state index in [1.165, 1.54) is 23.8 Å². The molecule has 0 fully saturated rings. The maximum atomic E-state index is 13.2. The molecule has 2 aromatic carbocycles. The summed E-state index contributed by atoms with van der Waals surface area (Å²) < 4.78 is 13.2. The molecule has 0 saturated carbocycles. The van der Waals surface area contributed by atoms with E-state index >= 15 is 0 Å². The van der Waals surface area contributed by atoms with Crippen molar-refractivity contribution >= 4 is 0 Å². The van der Waals surface area contributed by atoms with Crippen LogP contribution < -0.4 is 5.32 Å². The fraction of sp³-hybridized carbons (Fsp3) is 0.400. The molecule has 2 rings (SSSR count). The minimum absolute atomic E-state index is 0.198. The first-order valence-corrected chi connectivity index (χ1v) is 8.37. The molecule has 0 aliphatic carbocycles. The van der Waals surface area contributed by atoms with Crippen LogP contribution in [0, 0.1) is 11.7 Å². The Hall–Kier alpha value is -1.87. The topological polar surface area (TPSA) is 32.3 Å². The van der Waals surface area contributed by atoms with Crippen LogP contribution in [0.5, 0.6) is 5.75 Å². The second-order valence-corrected chi connectivity index (χ2v) is 6.22. The summed E-state index contributed by atoms with van der Waals surface area (Å²) in [4.78, 5) is 0. The van der Waals surface area contributed by atoms with E-state index in [0.29, 0.717) is 11.5 Å². The quantitative estimate of drug-likeness (QED) is 0.659. The van der Waals surface area contributed by atoms with Crippen molar-refractivity contribution in [3.05, 3.63) is 65.5 Å². The van der Waals surface area contributed by atoms with Gasteiger partial charge in [0.15, 0.2) is 0 Å². The lowest BCUT2D eigenvalue weighted by molar-refractivity contribution is 0.444. The molecular weight excluding hydrogens is 289 g/mol. The average Bonchev–Trinajstić information content (AvgIpc) is 2.56. The van der Waals surface area contributed by atoms with E-state index in [2.05, 4.69) is 36.5 Å². The monoisotopic (exact) mass is 315 g/mol. The summed E-state index contributed by atoms with van der Waals surface area (Å²) in [5.74, 6) is 0.536. The van der Waals surface area contributed by atoms with Gasteiger partial charge in [-0.25, -0.2) is 4.39 Å². The molecule has 0 heterocycles. The van der Waals surface area contributed by atoms with E-state index in [1.807, 2.05) is 6.07 Å². The van der Waals surface area contributed by atoms with Crippen molar-refractivity contribution in [2.24, 2.45) is 5.92 Å². The second-order valence-electron chi connectivity index (χ2n) is 6.22. The Morgan fingerprint density at radius 2 is 1.87 bits per heavy atom. The maximum absolute atomic E-state index is 13.2. The van der Waals surface area contributed by atoms with Gasteiger partial charge in [0.2, 0.25) is 0 Å². The number of halogens is 1. The molecule has 0 aliphatic heterocycles. The Bertz CT molecular complexity index is 585. The summed E-state index contributed by atoms with van der Waals surface area (Å²) in [5.41, 5.74) is 2.01. The molecule has 124 valence electrons. The van der Waals surface area contributed by atoms with Gasteiger partial charge < -0.3 is 10.4 Å². The van der Waals surface area contributed by atoms with Gasteiger partial charge in [0, 0.05) is 6.54 Å². The highest BCUT2D eigenvalue weighted by Gasteiger charge is 2.06. The molecule has 0 spiro atoms. The molecule has 0 aliphatic rings. The molecule has 2 N–H and O–H groups in total. The lowest BCUT2D eigenvalue weighted by atomic mass is 9.98. The van der Waals surface area contributed by atoms with Crippen LogP contribution in [0.15, 0.2) is 48.5 Å². The summed E-state index contributed by atoms with van der Waals surface area (Å²) in [5, 5.41) is 13.2. The van der Waals surface area contributed by atoms with Crippen molar-refractivity contribution in [2.75, 3.05) is 6.54 Å². The van der Waals surface area contributed by atoms with Gasteiger partial charge in [-0.1, -0.05) is 43.7 Å². The molecular formula is C20H26FNO. The Morgan fingerprint density at radius 1 is 1.09 bits per heavy atom. The van der Waals surface area contributed by atoms with Crippen LogP contribution in [0.3, 0.4) is 0 Å². The van der Waals surface area contributed by atoms with Crippen molar-refractivity contribution in [3.8, 4) is 5.75 Å². The van der Waals surface area contributed by atoms with E-state index in [-0.39, 0.29) is 11.6 Å². The Kier molecular flexibility index (Phi) is 7.08. The molecule has 0 radical (unpaired) electrons. The smallest absolute Gasteiger partial charge is 0.123 e. The standard InChI is InChI=1S/C20H26FNO/c1-16(12-13-22-15-17-7-3-2-4-8-17)6-5-9-18-14-19(21)10-11-20(18)23/h2-4,7-8,10-11,14,16,22-23H,5-6,9,12-13,15H2,1H3. The lowest BCUT2D eigenvalue weighted by Gasteiger charge is -2.12. The maximum Gasteiger partial charge on any atom is 0.123 e. The van der Waals surface area contributed by atoms with E-state index < -0.39 is 0 Å². The Labute approximate surface area is 138 Å². The molecule has 1 unspecified atom stereocenters. The van der Waals surface area contributed by atoms with Crippen molar-refractivity contribution in [2.45, 2.75) is 39.2 Å². The van der Waals surface area contributed by atoms with Crippen LogP contribution in [0.25, 0.3) is 0 Å². The zero-order valence-corrected chi connectivity index (χ0v) is 13.8.